The first-order chi connectivity index (χ1) is 20.8. The monoisotopic (exact) mass is 626 g/mol. The summed E-state index contributed by atoms with van der Waals surface area (Å²) < 4.78 is 21.4. The molecule has 6 atom stereocenters. The first-order valence-electron chi connectivity index (χ1n) is 15.7. The van der Waals surface area contributed by atoms with Crippen LogP contribution in [-0.4, -0.2) is 57.3 Å². The number of rotatable bonds is 6. The summed E-state index contributed by atoms with van der Waals surface area (Å²) in [6.07, 6.45) is 9.76. The molecule has 43 heavy (non-hydrogen) atoms. The smallest absolute Gasteiger partial charge is 0.261 e. The lowest BCUT2D eigenvalue weighted by molar-refractivity contribution is -0.0620. The van der Waals surface area contributed by atoms with Crippen LogP contribution in [0.3, 0.4) is 0 Å². The molecule has 6 nitrogen and oxygen atoms in total. The van der Waals surface area contributed by atoms with E-state index in [1.165, 1.54) is 23.1 Å². The van der Waals surface area contributed by atoms with Crippen LogP contribution < -0.4 is 14.4 Å². The van der Waals surface area contributed by atoms with Gasteiger partial charge in [-0.05, 0) is 104 Å². The fourth-order valence-corrected chi connectivity index (χ4v) is 8.08. The Morgan fingerprint density at radius 3 is 2.72 bits per heavy atom. The van der Waals surface area contributed by atoms with Crippen molar-refractivity contribution in [2.24, 2.45) is 17.8 Å². The van der Waals surface area contributed by atoms with Crippen LogP contribution in [0, 0.1) is 17.8 Å². The fourth-order valence-electron chi connectivity index (χ4n) is 6.96. The van der Waals surface area contributed by atoms with Gasteiger partial charge in [-0.2, -0.15) is 0 Å². The van der Waals surface area contributed by atoms with Crippen LogP contribution in [0.25, 0.3) is 0 Å². The van der Waals surface area contributed by atoms with Crippen LogP contribution in [0.2, 0.25) is 5.02 Å². The van der Waals surface area contributed by atoms with E-state index >= 15 is 0 Å². The molecular weight excluding hydrogens is 580 g/mol. The van der Waals surface area contributed by atoms with Gasteiger partial charge in [0.05, 0.1) is 29.8 Å². The quantitative estimate of drug-likeness (QED) is 0.262. The van der Waals surface area contributed by atoms with Crippen LogP contribution in [0.4, 0.5) is 5.69 Å². The molecule has 0 radical (unpaired) electrons. The lowest BCUT2D eigenvalue weighted by atomic mass is 9.64. The highest BCUT2D eigenvalue weighted by atomic mass is 35.5. The average molecular weight is 627 g/mol. The third kappa shape index (κ3) is 7.22. The van der Waals surface area contributed by atoms with Gasteiger partial charge >= 0.3 is 0 Å². The van der Waals surface area contributed by atoms with Gasteiger partial charge in [0.25, 0.3) is 5.91 Å². The van der Waals surface area contributed by atoms with Crippen molar-refractivity contribution in [2.75, 3.05) is 45.4 Å². The highest BCUT2D eigenvalue weighted by molar-refractivity contribution is 7.98. The third-order valence-corrected chi connectivity index (χ3v) is 11.2. The van der Waals surface area contributed by atoms with Gasteiger partial charge in [-0.25, -0.2) is 0 Å². The van der Waals surface area contributed by atoms with Crippen LogP contribution in [-0.2, 0) is 15.9 Å². The Labute approximate surface area is 267 Å². The third-order valence-electron chi connectivity index (χ3n) is 9.78. The zero-order valence-electron chi connectivity index (χ0n) is 26.2. The van der Waals surface area contributed by atoms with Crippen molar-refractivity contribution in [1.29, 1.82) is 0 Å². The lowest BCUT2D eigenvalue weighted by Gasteiger charge is -2.48. The molecule has 234 valence electrons. The zero-order valence-corrected chi connectivity index (χ0v) is 27.8. The normalized spacial score (nSPS) is 30.3. The Kier molecular flexibility index (Phi) is 10.7. The van der Waals surface area contributed by atoms with E-state index in [2.05, 4.69) is 54.7 Å². The maximum Gasteiger partial charge on any atom is 0.261 e. The molecule has 1 amide bonds. The van der Waals surface area contributed by atoms with Gasteiger partial charge in [-0.15, -0.1) is 0 Å². The molecule has 1 fully saturated rings. The molecular formula is C35H47ClN2O4S. The average Bonchev–Trinajstić information content (AvgIpc) is 3.16. The predicted molar refractivity (Wildman–Crippen MR) is 178 cm³/mol. The second-order valence-corrected chi connectivity index (χ2v) is 14.2. The summed E-state index contributed by atoms with van der Waals surface area (Å²) in [6.45, 7) is 9.48. The van der Waals surface area contributed by atoms with Gasteiger partial charge in [0, 0.05) is 43.8 Å². The zero-order chi connectivity index (χ0) is 30.6. The lowest BCUT2D eigenvalue weighted by Crippen LogP contribution is -2.49. The minimum absolute atomic E-state index is 0.0964. The number of hydrogen-bond donors (Lipinski definition) is 1. The Morgan fingerprint density at radius 2 is 2.00 bits per heavy atom. The van der Waals surface area contributed by atoms with Crippen molar-refractivity contribution in [3.05, 3.63) is 70.3 Å². The van der Waals surface area contributed by atoms with Crippen molar-refractivity contribution >= 4 is 35.1 Å². The second kappa shape index (κ2) is 14.3. The number of aryl methyl sites for hydroxylation is 1. The number of anilines is 1. The van der Waals surface area contributed by atoms with Gasteiger partial charge in [-0.1, -0.05) is 50.1 Å². The van der Waals surface area contributed by atoms with Crippen molar-refractivity contribution in [3.63, 3.8) is 0 Å². The van der Waals surface area contributed by atoms with Crippen LogP contribution >= 0.6 is 23.5 Å². The van der Waals surface area contributed by atoms with Gasteiger partial charge in [-0.3, -0.25) is 9.52 Å². The van der Waals surface area contributed by atoms with Gasteiger partial charge in [0.1, 0.15) is 5.75 Å². The number of ether oxygens (including phenoxy) is 3. The molecule has 8 heteroatoms. The summed E-state index contributed by atoms with van der Waals surface area (Å²) in [5.41, 5.74) is 3.88. The van der Waals surface area contributed by atoms with Crippen molar-refractivity contribution in [1.82, 2.24) is 4.72 Å². The first kappa shape index (κ1) is 32.2. The maximum atomic E-state index is 13.4. The number of methoxy groups -OCH3 is 2. The minimum atomic E-state index is -0.339. The molecule has 1 N–H and O–H groups in total. The number of carbonyl (C=O) groups is 1. The second-order valence-electron chi connectivity index (χ2n) is 12.7. The molecule has 0 aromatic heterocycles. The summed E-state index contributed by atoms with van der Waals surface area (Å²) in [5.74, 6) is 2.08. The SMILES string of the molecule is CCCc1cc(Cl)ccc1C1COc2ccc3cc2N(C1)CC1CCC1[C@@](C)(OC)/C=C/CC(C)C(COC)SNC3=O. The number of benzene rings is 2. The number of halogens is 1. The predicted octanol–water partition coefficient (Wildman–Crippen LogP) is 7.70. The van der Waals surface area contributed by atoms with Crippen LogP contribution in [0.5, 0.6) is 5.75 Å². The molecule has 0 spiro atoms. The number of nitrogens with one attached hydrogen (secondary N) is 1. The number of amides is 1. The Balaban J connectivity index is 1.53. The van der Waals surface area contributed by atoms with Gasteiger partial charge < -0.3 is 19.1 Å². The highest BCUT2D eigenvalue weighted by Gasteiger charge is 2.45. The Bertz CT molecular complexity index is 1300. The number of fused-ring (bicyclic) bond motifs is 2. The fraction of sp³-hybridized carbons (Fsp3) is 0.571. The highest BCUT2D eigenvalue weighted by Crippen LogP contribution is 2.47. The topological polar surface area (TPSA) is 60.0 Å². The number of hydrogen-bond acceptors (Lipinski definition) is 6. The van der Waals surface area contributed by atoms with E-state index in [0.717, 1.165) is 61.7 Å². The maximum absolute atomic E-state index is 13.4. The van der Waals surface area contributed by atoms with Crippen molar-refractivity contribution in [3.8, 4) is 5.75 Å². The standard InChI is InChI=1S/C35H47ClN2O4S/c1-6-8-24-17-28(36)12-13-29(24)27-20-38-19-26-10-14-30(26)35(3,41-5)16-7-9-23(2)33(22-40-4)43-37-34(39)25-11-15-32(42-21-27)31(38)18-25/h7,11-13,15-18,23,26-27,30,33H,6,8-10,14,19-22H2,1-5H3,(H,37,39)/b16-7+/t23?,26?,27?,30?,33?,35-/m0/s1. The van der Waals surface area contributed by atoms with Crippen molar-refractivity contribution < 1.29 is 19.0 Å². The Hall–Kier alpha value is -2.19. The van der Waals surface area contributed by atoms with E-state index < -0.39 is 0 Å². The molecule has 3 aliphatic rings. The number of allylic oxidation sites excluding steroid dienone is 1. The summed E-state index contributed by atoms with van der Waals surface area (Å²) in [6, 6.07) is 12.2. The summed E-state index contributed by atoms with van der Waals surface area (Å²) in [4.78, 5) is 15.9. The summed E-state index contributed by atoms with van der Waals surface area (Å²) in [7, 11) is 3.56. The van der Waals surface area contributed by atoms with E-state index in [1.807, 2.05) is 31.4 Å². The van der Waals surface area contributed by atoms with E-state index in [0.29, 0.717) is 36.5 Å². The molecule has 5 rings (SSSR count). The molecule has 1 saturated carbocycles. The van der Waals surface area contributed by atoms with Crippen LogP contribution in [0.15, 0.2) is 48.6 Å². The van der Waals surface area contributed by atoms with Gasteiger partial charge in [0.2, 0.25) is 0 Å². The molecule has 2 aromatic carbocycles. The molecule has 2 aromatic rings. The van der Waals surface area contributed by atoms with E-state index in [1.54, 1.807) is 7.11 Å². The minimum Gasteiger partial charge on any atom is -0.491 e. The summed E-state index contributed by atoms with van der Waals surface area (Å²) >= 11 is 7.89. The molecule has 2 heterocycles. The van der Waals surface area contributed by atoms with Crippen molar-refractivity contribution in [2.45, 2.75) is 69.6 Å². The number of nitrogens with zero attached hydrogens (tertiary/aromatic N) is 1. The molecule has 2 aliphatic heterocycles. The first-order valence-corrected chi connectivity index (χ1v) is 17.0. The van der Waals surface area contributed by atoms with Crippen LogP contribution in [0.1, 0.15) is 73.9 Å². The summed E-state index contributed by atoms with van der Waals surface area (Å²) in [5, 5.41) is 0.893. The van der Waals surface area contributed by atoms with E-state index in [4.69, 9.17) is 25.8 Å². The van der Waals surface area contributed by atoms with E-state index in [9.17, 15) is 4.79 Å². The largest absolute Gasteiger partial charge is 0.491 e. The molecule has 2 bridgehead atoms. The molecule has 0 saturated heterocycles. The number of carbonyl (C=O) groups excluding carboxylic acids is 1. The Morgan fingerprint density at radius 1 is 1.16 bits per heavy atom. The van der Waals surface area contributed by atoms with Gasteiger partial charge in [0.15, 0.2) is 0 Å². The molecule has 5 unspecified atom stereocenters. The molecule has 1 aliphatic carbocycles. The van der Waals surface area contributed by atoms with E-state index in [-0.39, 0.29) is 22.7 Å².